The van der Waals surface area contributed by atoms with Crippen molar-refractivity contribution in [2.75, 3.05) is 19.0 Å². The fourth-order valence-electron chi connectivity index (χ4n) is 4.23. The Morgan fingerprint density at radius 3 is 2.66 bits per heavy atom. The quantitative estimate of drug-likeness (QED) is 0.214. The summed E-state index contributed by atoms with van der Waals surface area (Å²) in [5.74, 6) is 1.10. The van der Waals surface area contributed by atoms with Gasteiger partial charge in [-0.25, -0.2) is 15.0 Å². The Balaban J connectivity index is 1.33. The largest absolute Gasteiger partial charge is 0.493 e. The van der Waals surface area contributed by atoms with E-state index < -0.39 is 0 Å². The molecule has 0 spiro atoms. The van der Waals surface area contributed by atoms with Gasteiger partial charge >= 0.3 is 0 Å². The van der Waals surface area contributed by atoms with Crippen LogP contribution in [0.25, 0.3) is 21.9 Å². The molecule has 6 rings (SSSR count). The lowest BCUT2D eigenvalue weighted by atomic mass is 10.1. The van der Waals surface area contributed by atoms with Crippen molar-refractivity contribution in [1.82, 2.24) is 34.5 Å². The average molecular weight is 584 g/mol. The van der Waals surface area contributed by atoms with E-state index in [0.29, 0.717) is 57.5 Å². The number of imidazole rings is 1. The highest BCUT2D eigenvalue weighted by Gasteiger charge is 2.16. The third-order valence-corrected chi connectivity index (χ3v) is 7.83. The van der Waals surface area contributed by atoms with E-state index in [1.807, 2.05) is 54.2 Å². The van der Waals surface area contributed by atoms with Gasteiger partial charge in [-0.1, -0.05) is 23.4 Å². The number of nitrogens with one attached hydrogen (secondary N) is 1. The molecule has 0 amide bonds. The van der Waals surface area contributed by atoms with E-state index in [4.69, 9.17) is 26.1 Å². The van der Waals surface area contributed by atoms with Gasteiger partial charge in [0, 0.05) is 53.1 Å². The third kappa shape index (κ3) is 5.45. The van der Waals surface area contributed by atoms with E-state index in [0.717, 1.165) is 21.1 Å². The van der Waals surface area contributed by atoms with Crippen LogP contribution in [0.5, 0.6) is 11.5 Å². The number of nitrogens with zero attached hydrogens (tertiary/aromatic N) is 8. The number of anilines is 2. The summed E-state index contributed by atoms with van der Waals surface area (Å²) in [5.41, 5.74) is 2.83. The summed E-state index contributed by atoms with van der Waals surface area (Å²) >= 11 is 8.10. The molecular weight excluding hydrogens is 562 g/mol. The SMILES string of the molecule is COc1cc2cc3c(Nc4ccc(Sc5nccn5C)c(Cl)c4)c(C#N)cnc3nc2cc1OCCn1nccn1. The zero-order valence-electron chi connectivity index (χ0n) is 21.9. The van der Waals surface area contributed by atoms with Crippen molar-refractivity contribution in [3.8, 4) is 17.6 Å². The summed E-state index contributed by atoms with van der Waals surface area (Å²) in [7, 11) is 3.51. The van der Waals surface area contributed by atoms with Gasteiger partial charge in [0.2, 0.25) is 0 Å². The Kier molecular flexibility index (Phi) is 7.28. The highest BCUT2D eigenvalue weighted by Crippen LogP contribution is 2.38. The molecule has 13 heteroatoms. The summed E-state index contributed by atoms with van der Waals surface area (Å²) < 4.78 is 13.5. The van der Waals surface area contributed by atoms with Crippen LogP contribution in [0.15, 0.2) is 77.4 Å². The number of hydrogen-bond acceptors (Lipinski definition) is 10. The van der Waals surface area contributed by atoms with Gasteiger partial charge in [-0.15, -0.1) is 0 Å². The molecule has 41 heavy (non-hydrogen) atoms. The highest BCUT2D eigenvalue weighted by atomic mass is 35.5. The molecule has 0 unspecified atom stereocenters. The van der Waals surface area contributed by atoms with E-state index >= 15 is 0 Å². The lowest BCUT2D eigenvalue weighted by Gasteiger charge is -2.15. The van der Waals surface area contributed by atoms with Crippen molar-refractivity contribution in [3.63, 3.8) is 0 Å². The molecule has 0 bridgehead atoms. The monoisotopic (exact) mass is 583 g/mol. The van der Waals surface area contributed by atoms with Crippen molar-refractivity contribution in [1.29, 1.82) is 5.26 Å². The van der Waals surface area contributed by atoms with E-state index in [1.54, 1.807) is 30.5 Å². The lowest BCUT2D eigenvalue weighted by Crippen LogP contribution is -2.11. The van der Waals surface area contributed by atoms with Gasteiger partial charge in [0.15, 0.2) is 22.3 Å². The second-order valence-corrected chi connectivity index (χ2v) is 10.3. The van der Waals surface area contributed by atoms with Crippen LogP contribution < -0.4 is 14.8 Å². The molecule has 204 valence electrons. The van der Waals surface area contributed by atoms with E-state index in [-0.39, 0.29) is 0 Å². The number of benzene rings is 2. The van der Waals surface area contributed by atoms with E-state index in [2.05, 4.69) is 31.6 Å². The predicted octanol–water partition coefficient (Wildman–Crippen LogP) is 5.62. The first-order chi connectivity index (χ1) is 20.0. The normalized spacial score (nSPS) is 11.1. The molecule has 0 aliphatic carbocycles. The maximum absolute atomic E-state index is 9.87. The van der Waals surface area contributed by atoms with Gasteiger partial charge in [-0.05, 0) is 30.3 Å². The van der Waals surface area contributed by atoms with Gasteiger partial charge in [0.05, 0.1) is 47.8 Å². The minimum absolute atomic E-state index is 0.351. The van der Waals surface area contributed by atoms with Crippen LogP contribution in [0.3, 0.4) is 0 Å². The van der Waals surface area contributed by atoms with Crippen molar-refractivity contribution in [2.24, 2.45) is 7.05 Å². The average Bonchev–Trinajstić information content (AvgIpc) is 3.65. The summed E-state index contributed by atoms with van der Waals surface area (Å²) in [6.45, 7) is 0.836. The van der Waals surface area contributed by atoms with E-state index in [9.17, 15) is 5.26 Å². The van der Waals surface area contributed by atoms with Crippen LogP contribution >= 0.6 is 23.4 Å². The van der Waals surface area contributed by atoms with Crippen molar-refractivity contribution < 1.29 is 9.47 Å². The minimum atomic E-state index is 0.351. The second-order valence-electron chi connectivity index (χ2n) is 8.88. The molecule has 0 aliphatic rings. The molecule has 0 aliphatic heterocycles. The first kappa shape index (κ1) is 26.4. The first-order valence-corrected chi connectivity index (χ1v) is 13.6. The second kappa shape index (κ2) is 11.3. The molecule has 0 radical (unpaired) electrons. The maximum atomic E-state index is 9.87. The number of ether oxygens (including phenoxy) is 2. The van der Waals surface area contributed by atoms with E-state index in [1.165, 1.54) is 18.0 Å². The molecule has 0 fully saturated rings. The lowest BCUT2D eigenvalue weighted by molar-refractivity contribution is 0.267. The number of pyridine rings is 2. The molecule has 2 aromatic carbocycles. The summed E-state index contributed by atoms with van der Waals surface area (Å²) in [5, 5.41) is 24.3. The maximum Gasteiger partial charge on any atom is 0.172 e. The number of aryl methyl sites for hydroxylation is 1. The van der Waals surface area contributed by atoms with Crippen LogP contribution in [0.2, 0.25) is 5.02 Å². The van der Waals surface area contributed by atoms with Crippen LogP contribution in [-0.4, -0.2) is 48.2 Å². The number of halogens is 1. The number of nitriles is 1. The van der Waals surface area contributed by atoms with Gasteiger partial charge in [0.25, 0.3) is 0 Å². The van der Waals surface area contributed by atoms with Gasteiger partial charge in [-0.2, -0.15) is 20.3 Å². The molecule has 4 heterocycles. The Bertz CT molecular complexity index is 1920. The van der Waals surface area contributed by atoms with Gasteiger partial charge < -0.3 is 19.4 Å². The number of rotatable bonds is 9. The Morgan fingerprint density at radius 2 is 1.93 bits per heavy atom. The standard InChI is InChI=1S/C28H22ClN9O2S/c1-37-8-7-31-28(37)41-25-4-3-19(13-21(25)29)35-26-18(15-30)16-32-27-20(26)11-17-12-23(39-2)24(14-22(17)36-27)40-10-9-38-33-5-6-34-38/h3-8,11-14,16H,9-10H2,1-2H3,(H,32,35,36). The van der Waals surface area contributed by atoms with Crippen LogP contribution in [0, 0.1) is 11.3 Å². The zero-order chi connectivity index (χ0) is 28.3. The summed E-state index contributed by atoms with van der Waals surface area (Å²) in [6.07, 6.45) is 8.37. The molecule has 1 N–H and O–H groups in total. The number of methoxy groups -OCH3 is 1. The molecule has 4 aromatic heterocycles. The summed E-state index contributed by atoms with van der Waals surface area (Å²) in [4.78, 5) is 16.0. The smallest absolute Gasteiger partial charge is 0.172 e. The molecule has 11 nitrogen and oxygen atoms in total. The number of aromatic nitrogens is 7. The Labute approximate surface area is 243 Å². The molecular formula is C28H22ClN9O2S. The molecule has 0 saturated carbocycles. The number of hydrogen-bond donors (Lipinski definition) is 1. The van der Waals surface area contributed by atoms with Crippen molar-refractivity contribution >= 4 is 56.7 Å². The fourth-order valence-corrected chi connectivity index (χ4v) is 5.34. The summed E-state index contributed by atoms with van der Waals surface area (Å²) in [6, 6.07) is 13.5. The van der Waals surface area contributed by atoms with Gasteiger partial charge in [0.1, 0.15) is 12.7 Å². The Hall–Kier alpha value is -4.86. The molecule has 0 saturated heterocycles. The third-order valence-electron chi connectivity index (χ3n) is 6.25. The van der Waals surface area contributed by atoms with Crippen molar-refractivity contribution in [2.45, 2.75) is 16.6 Å². The van der Waals surface area contributed by atoms with Crippen LogP contribution in [0.4, 0.5) is 11.4 Å². The Morgan fingerprint density at radius 1 is 1.07 bits per heavy atom. The number of fused-ring (bicyclic) bond motifs is 2. The molecule has 0 atom stereocenters. The van der Waals surface area contributed by atoms with Gasteiger partial charge in [-0.3, -0.25) is 0 Å². The first-order valence-electron chi connectivity index (χ1n) is 12.4. The minimum Gasteiger partial charge on any atom is -0.493 e. The van der Waals surface area contributed by atoms with Crippen LogP contribution in [0.1, 0.15) is 5.56 Å². The van der Waals surface area contributed by atoms with Crippen molar-refractivity contribution in [3.05, 3.63) is 78.0 Å². The predicted molar refractivity (Wildman–Crippen MR) is 156 cm³/mol. The molecule has 6 aromatic rings. The highest BCUT2D eigenvalue weighted by molar-refractivity contribution is 7.99. The fraction of sp³-hybridized carbons (Fsp3) is 0.143. The zero-order valence-corrected chi connectivity index (χ0v) is 23.5. The van der Waals surface area contributed by atoms with Crippen LogP contribution in [-0.2, 0) is 13.6 Å². The topological polar surface area (TPSA) is 129 Å².